The average molecular weight is 303 g/mol. The number of rotatable bonds is 8. The van der Waals surface area contributed by atoms with E-state index < -0.39 is 16.0 Å². The molecule has 0 aromatic carbocycles. The number of hydrogen-bond donors (Lipinski definition) is 2. The summed E-state index contributed by atoms with van der Waals surface area (Å²) in [6.45, 7) is 6.42. The predicted octanol–water partition coefficient (Wildman–Crippen LogP) is 1.55. The lowest BCUT2D eigenvalue weighted by atomic mass is 10.0. The molecule has 0 spiro atoms. The fourth-order valence-electron chi connectivity index (χ4n) is 1.98. The van der Waals surface area contributed by atoms with Crippen molar-refractivity contribution in [2.75, 3.05) is 13.1 Å². The van der Waals surface area contributed by atoms with Gasteiger partial charge in [0.1, 0.15) is 5.56 Å². The third-order valence-electron chi connectivity index (χ3n) is 3.40. The van der Waals surface area contributed by atoms with Gasteiger partial charge in [0.25, 0.3) is 10.0 Å². The molecule has 0 atom stereocenters. The summed E-state index contributed by atoms with van der Waals surface area (Å²) in [5.41, 5.74) is -0.326. The minimum absolute atomic E-state index is 0.251. The van der Waals surface area contributed by atoms with Crippen LogP contribution < -0.4 is 0 Å². The van der Waals surface area contributed by atoms with Crippen LogP contribution in [0.2, 0.25) is 0 Å². The van der Waals surface area contributed by atoms with E-state index in [4.69, 9.17) is 5.11 Å². The Morgan fingerprint density at radius 3 is 2.45 bits per heavy atom. The standard InChI is InChI=1S/C12H21N3O4S/c1-4-9(5-2)8-15(6-3)20(18,19)11-10(12(16)17)7-13-14-11/h7,9H,4-6,8H2,1-3H3,(H,13,14)(H,16,17). The topological polar surface area (TPSA) is 103 Å². The maximum absolute atomic E-state index is 12.5. The minimum Gasteiger partial charge on any atom is -0.478 e. The molecule has 1 heterocycles. The van der Waals surface area contributed by atoms with E-state index in [1.165, 1.54) is 4.31 Å². The molecule has 0 radical (unpaired) electrons. The van der Waals surface area contributed by atoms with Gasteiger partial charge in [0.2, 0.25) is 0 Å². The highest BCUT2D eigenvalue weighted by Gasteiger charge is 2.31. The highest BCUT2D eigenvalue weighted by atomic mass is 32.2. The second-order valence-electron chi connectivity index (χ2n) is 4.56. The van der Waals surface area contributed by atoms with Crippen LogP contribution in [0, 0.1) is 5.92 Å². The summed E-state index contributed by atoms with van der Waals surface area (Å²) in [7, 11) is -3.86. The molecular formula is C12H21N3O4S. The van der Waals surface area contributed by atoms with Gasteiger partial charge < -0.3 is 5.11 Å². The van der Waals surface area contributed by atoms with Gasteiger partial charge in [-0.05, 0) is 5.92 Å². The Balaban J connectivity index is 3.12. The number of nitrogens with zero attached hydrogens (tertiary/aromatic N) is 2. The van der Waals surface area contributed by atoms with Crippen LogP contribution in [-0.2, 0) is 10.0 Å². The van der Waals surface area contributed by atoms with Gasteiger partial charge in [-0.1, -0.05) is 33.6 Å². The van der Waals surface area contributed by atoms with E-state index in [0.29, 0.717) is 6.54 Å². The van der Waals surface area contributed by atoms with Gasteiger partial charge in [-0.15, -0.1) is 0 Å². The maximum atomic E-state index is 12.5. The first-order valence-electron chi connectivity index (χ1n) is 6.65. The lowest BCUT2D eigenvalue weighted by molar-refractivity contribution is 0.0692. The van der Waals surface area contributed by atoms with Crippen molar-refractivity contribution in [3.05, 3.63) is 11.8 Å². The fourth-order valence-corrected chi connectivity index (χ4v) is 3.58. The predicted molar refractivity (Wildman–Crippen MR) is 74.1 cm³/mol. The fraction of sp³-hybridized carbons (Fsp3) is 0.667. The summed E-state index contributed by atoms with van der Waals surface area (Å²) in [6.07, 6.45) is 2.76. The Kier molecular flexibility index (Phi) is 5.70. The number of aromatic amines is 1. The van der Waals surface area contributed by atoms with E-state index in [9.17, 15) is 13.2 Å². The first kappa shape index (κ1) is 16.6. The Morgan fingerprint density at radius 2 is 2.00 bits per heavy atom. The second kappa shape index (κ2) is 6.85. The summed E-state index contributed by atoms with van der Waals surface area (Å²) in [6, 6.07) is 0. The van der Waals surface area contributed by atoms with Crippen LogP contribution in [0.5, 0.6) is 0 Å². The van der Waals surface area contributed by atoms with Gasteiger partial charge >= 0.3 is 5.97 Å². The van der Waals surface area contributed by atoms with Crippen molar-refractivity contribution in [1.82, 2.24) is 14.5 Å². The van der Waals surface area contributed by atoms with Crippen LogP contribution in [0.4, 0.5) is 0 Å². The number of H-pyrrole nitrogens is 1. The molecule has 0 fully saturated rings. The zero-order valence-electron chi connectivity index (χ0n) is 12.0. The van der Waals surface area contributed by atoms with Gasteiger partial charge in [-0.3, -0.25) is 5.10 Å². The molecule has 0 unspecified atom stereocenters. The SMILES string of the molecule is CCC(CC)CN(CC)S(=O)(=O)c1[nH]ncc1C(=O)O. The smallest absolute Gasteiger partial charge is 0.340 e. The molecule has 0 aliphatic rings. The van der Waals surface area contributed by atoms with Crippen LogP contribution in [0.15, 0.2) is 11.2 Å². The van der Waals surface area contributed by atoms with E-state index in [1.54, 1.807) is 6.92 Å². The van der Waals surface area contributed by atoms with Crippen LogP contribution in [0.25, 0.3) is 0 Å². The summed E-state index contributed by atoms with van der Waals surface area (Å²) < 4.78 is 26.3. The number of carbonyl (C=O) groups is 1. The molecule has 0 amide bonds. The Hall–Kier alpha value is -1.41. The third kappa shape index (κ3) is 3.37. The van der Waals surface area contributed by atoms with E-state index in [1.807, 2.05) is 13.8 Å². The quantitative estimate of drug-likeness (QED) is 0.758. The Bertz CT molecular complexity index is 549. The van der Waals surface area contributed by atoms with Crippen LogP contribution in [0.3, 0.4) is 0 Å². The van der Waals surface area contributed by atoms with Crippen molar-refractivity contribution in [2.24, 2.45) is 5.92 Å². The first-order valence-corrected chi connectivity index (χ1v) is 8.09. The van der Waals surface area contributed by atoms with Crippen molar-refractivity contribution in [1.29, 1.82) is 0 Å². The number of aromatic nitrogens is 2. The van der Waals surface area contributed by atoms with Crippen molar-refractivity contribution in [2.45, 2.75) is 38.6 Å². The van der Waals surface area contributed by atoms with Crippen LogP contribution in [-0.4, -0.2) is 47.1 Å². The molecule has 20 heavy (non-hydrogen) atoms. The first-order chi connectivity index (χ1) is 9.38. The largest absolute Gasteiger partial charge is 0.478 e. The molecule has 0 aliphatic heterocycles. The zero-order chi connectivity index (χ0) is 15.3. The van der Waals surface area contributed by atoms with E-state index >= 15 is 0 Å². The number of carboxylic acids is 1. The van der Waals surface area contributed by atoms with Gasteiger partial charge in [0.05, 0.1) is 6.20 Å². The van der Waals surface area contributed by atoms with Crippen molar-refractivity contribution in [3.8, 4) is 0 Å². The van der Waals surface area contributed by atoms with Gasteiger partial charge in [-0.2, -0.15) is 9.40 Å². The van der Waals surface area contributed by atoms with Crippen molar-refractivity contribution < 1.29 is 18.3 Å². The van der Waals surface area contributed by atoms with Gasteiger partial charge in [0, 0.05) is 13.1 Å². The number of aromatic carboxylic acids is 1. The highest BCUT2D eigenvalue weighted by Crippen LogP contribution is 2.20. The minimum atomic E-state index is -3.86. The third-order valence-corrected chi connectivity index (χ3v) is 5.32. The van der Waals surface area contributed by atoms with E-state index in [-0.39, 0.29) is 23.1 Å². The maximum Gasteiger partial charge on any atom is 0.340 e. The number of nitrogens with one attached hydrogen (secondary N) is 1. The molecule has 1 aromatic heterocycles. The number of carboxylic acid groups (broad SMARTS) is 1. The summed E-state index contributed by atoms with van der Waals surface area (Å²) in [5, 5.41) is 14.5. The van der Waals surface area contributed by atoms with Gasteiger partial charge in [0.15, 0.2) is 5.03 Å². The molecule has 0 aliphatic carbocycles. The Labute approximate surface area is 119 Å². The van der Waals surface area contributed by atoms with Crippen LogP contribution >= 0.6 is 0 Å². The van der Waals surface area contributed by atoms with Crippen molar-refractivity contribution in [3.63, 3.8) is 0 Å². The zero-order valence-corrected chi connectivity index (χ0v) is 12.8. The second-order valence-corrected chi connectivity index (χ2v) is 6.43. The highest BCUT2D eigenvalue weighted by molar-refractivity contribution is 7.89. The monoisotopic (exact) mass is 303 g/mol. The average Bonchev–Trinajstić information content (AvgIpc) is 2.90. The summed E-state index contributed by atoms with van der Waals surface area (Å²) >= 11 is 0. The van der Waals surface area contributed by atoms with Crippen molar-refractivity contribution >= 4 is 16.0 Å². The molecule has 1 rings (SSSR count). The summed E-state index contributed by atoms with van der Waals surface area (Å²) in [5.74, 6) is -1.06. The molecule has 2 N–H and O–H groups in total. The number of hydrogen-bond acceptors (Lipinski definition) is 4. The normalized spacial score (nSPS) is 12.2. The number of sulfonamides is 1. The molecular weight excluding hydrogens is 282 g/mol. The Morgan fingerprint density at radius 1 is 1.40 bits per heavy atom. The van der Waals surface area contributed by atoms with E-state index in [0.717, 1.165) is 19.0 Å². The van der Waals surface area contributed by atoms with Crippen LogP contribution in [0.1, 0.15) is 44.0 Å². The molecule has 7 nitrogen and oxygen atoms in total. The lowest BCUT2D eigenvalue weighted by Gasteiger charge is -2.24. The lowest BCUT2D eigenvalue weighted by Crippen LogP contribution is -2.36. The molecule has 8 heteroatoms. The molecule has 114 valence electrons. The van der Waals surface area contributed by atoms with E-state index in [2.05, 4.69) is 10.2 Å². The molecule has 0 saturated heterocycles. The molecule has 0 saturated carbocycles. The molecule has 1 aromatic rings. The summed E-state index contributed by atoms with van der Waals surface area (Å²) in [4.78, 5) is 11.0. The molecule has 0 bridgehead atoms. The van der Waals surface area contributed by atoms with Gasteiger partial charge in [-0.25, -0.2) is 13.2 Å².